The highest BCUT2D eigenvalue weighted by Crippen LogP contribution is 2.40. The van der Waals surface area contributed by atoms with Crippen LogP contribution in [0.4, 0.5) is 5.69 Å². The molecule has 2 heterocycles. The van der Waals surface area contributed by atoms with Gasteiger partial charge in [-0.1, -0.05) is 30.5 Å². The second-order valence-electron chi connectivity index (χ2n) is 7.97. The van der Waals surface area contributed by atoms with E-state index >= 15 is 0 Å². The molecule has 0 atom stereocenters. The van der Waals surface area contributed by atoms with E-state index in [4.69, 9.17) is 9.47 Å². The number of benzene rings is 2. The molecule has 4 rings (SSSR count). The van der Waals surface area contributed by atoms with Gasteiger partial charge in [-0.25, -0.2) is 13.4 Å². The Kier molecular flexibility index (Phi) is 6.05. The van der Waals surface area contributed by atoms with Gasteiger partial charge in [-0.15, -0.1) is 0 Å². The van der Waals surface area contributed by atoms with E-state index < -0.39 is 9.84 Å². The first-order valence-electron chi connectivity index (χ1n) is 10.6. The van der Waals surface area contributed by atoms with Crippen LogP contribution in [0.1, 0.15) is 31.2 Å². The molecule has 31 heavy (non-hydrogen) atoms. The molecule has 7 heteroatoms. The zero-order chi connectivity index (χ0) is 22.0. The Hall–Kier alpha value is -2.80. The minimum Gasteiger partial charge on any atom is -0.493 e. The molecule has 1 aliphatic rings. The van der Waals surface area contributed by atoms with Gasteiger partial charge in [-0.2, -0.15) is 0 Å². The van der Waals surface area contributed by atoms with Crippen LogP contribution in [0.2, 0.25) is 0 Å². The van der Waals surface area contributed by atoms with Crippen molar-refractivity contribution >= 4 is 26.4 Å². The van der Waals surface area contributed by atoms with Crippen LogP contribution < -0.4 is 19.4 Å². The molecule has 1 N–H and O–H groups in total. The molecule has 164 valence electrons. The molecule has 0 amide bonds. The Morgan fingerprint density at radius 2 is 1.52 bits per heavy atom. The van der Waals surface area contributed by atoms with Crippen molar-refractivity contribution in [2.75, 3.05) is 32.2 Å². The Morgan fingerprint density at radius 1 is 0.903 bits per heavy atom. The predicted octanol–water partition coefficient (Wildman–Crippen LogP) is 4.19. The van der Waals surface area contributed by atoms with Gasteiger partial charge in [0.15, 0.2) is 22.6 Å². The fraction of sp³-hybridized carbons (Fsp3) is 0.375. The van der Waals surface area contributed by atoms with Crippen LogP contribution in [0.25, 0.3) is 10.9 Å². The summed E-state index contributed by atoms with van der Waals surface area (Å²) in [6.07, 6.45) is 6.01. The summed E-state index contributed by atoms with van der Waals surface area (Å²) in [5.41, 5.74) is 2.56. The molecule has 0 radical (unpaired) electrons. The minimum atomic E-state index is -3.72. The lowest BCUT2D eigenvalue weighted by Gasteiger charge is -2.25. The van der Waals surface area contributed by atoms with Crippen molar-refractivity contribution in [3.8, 4) is 11.5 Å². The zero-order valence-electron chi connectivity index (χ0n) is 18.3. The number of aromatic nitrogens is 1. The number of aryl methyl sites for hydroxylation is 1. The van der Waals surface area contributed by atoms with Crippen LogP contribution in [-0.2, 0) is 9.84 Å². The fourth-order valence-corrected chi connectivity index (χ4v) is 5.66. The molecule has 3 aromatic rings. The Labute approximate surface area is 183 Å². The molecular weight excluding hydrogens is 412 g/mol. The maximum atomic E-state index is 13.7. The van der Waals surface area contributed by atoms with Crippen molar-refractivity contribution in [3.63, 3.8) is 0 Å². The molecule has 0 saturated carbocycles. The summed E-state index contributed by atoms with van der Waals surface area (Å²) in [5.74, 6) is 1.17. The Balaban J connectivity index is 1.99. The standard InChI is InChI=1S/C24H28N2O4S/c1-17-8-10-18(11-9-17)31(27,28)23-16-25-20-15-22(30-3)21(29-2)14-19(20)24(23)26-12-6-4-5-7-13-26/h8-11,14-16H,4-7,12-13H2,1-3H3/p+1. The SMILES string of the molecule is COc1cc2[nH+]cc(S(=O)(=O)c3ccc(C)cc3)c(N3CCCCCC3)c2cc1OC. The van der Waals surface area contributed by atoms with Gasteiger partial charge in [0.25, 0.3) is 0 Å². The number of hydrogen-bond donors (Lipinski definition) is 0. The molecule has 0 aliphatic carbocycles. The number of anilines is 1. The normalized spacial score (nSPS) is 15.0. The molecule has 0 unspecified atom stereocenters. The van der Waals surface area contributed by atoms with Crippen molar-refractivity contribution in [3.05, 3.63) is 48.2 Å². The fourth-order valence-electron chi connectivity index (χ4n) is 4.21. The summed E-state index contributed by atoms with van der Waals surface area (Å²) in [7, 11) is -0.537. The predicted molar refractivity (Wildman–Crippen MR) is 121 cm³/mol. The van der Waals surface area contributed by atoms with Gasteiger partial charge in [0.2, 0.25) is 15.4 Å². The summed E-state index contributed by atoms with van der Waals surface area (Å²) in [4.78, 5) is 5.99. The van der Waals surface area contributed by atoms with E-state index in [0.29, 0.717) is 16.4 Å². The van der Waals surface area contributed by atoms with Crippen LogP contribution in [0, 0.1) is 6.92 Å². The zero-order valence-corrected chi connectivity index (χ0v) is 19.1. The second-order valence-corrected chi connectivity index (χ2v) is 9.89. The monoisotopic (exact) mass is 441 g/mol. The topological polar surface area (TPSA) is 70.0 Å². The number of ether oxygens (including phenoxy) is 2. The average Bonchev–Trinajstić information content (AvgIpc) is 3.06. The average molecular weight is 442 g/mol. The first kappa shape index (κ1) is 21.4. The van der Waals surface area contributed by atoms with Crippen LogP contribution in [0.15, 0.2) is 52.4 Å². The van der Waals surface area contributed by atoms with Gasteiger partial charge in [0, 0.05) is 19.2 Å². The number of rotatable bonds is 5. The van der Waals surface area contributed by atoms with E-state index in [1.54, 1.807) is 32.5 Å². The number of pyridine rings is 1. The number of methoxy groups -OCH3 is 2. The van der Waals surface area contributed by atoms with E-state index in [2.05, 4.69) is 9.88 Å². The highest BCUT2D eigenvalue weighted by Gasteiger charge is 2.30. The number of nitrogens with one attached hydrogen (secondary N) is 1. The van der Waals surface area contributed by atoms with Crippen LogP contribution in [0.5, 0.6) is 11.5 Å². The Morgan fingerprint density at radius 3 is 2.13 bits per heavy atom. The third kappa shape index (κ3) is 4.06. The molecular formula is C24H29N2O4S+. The lowest BCUT2D eigenvalue weighted by molar-refractivity contribution is -0.347. The van der Waals surface area contributed by atoms with Crippen LogP contribution in [-0.4, -0.2) is 35.7 Å². The number of H-pyrrole nitrogens is 1. The van der Waals surface area contributed by atoms with E-state index in [0.717, 1.165) is 60.9 Å². The first-order valence-corrected chi connectivity index (χ1v) is 12.1. The van der Waals surface area contributed by atoms with Crippen molar-refractivity contribution in [1.29, 1.82) is 0 Å². The van der Waals surface area contributed by atoms with Gasteiger partial charge in [0.05, 0.1) is 36.3 Å². The largest absolute Gasteiger partial charge is 0.493 e. The van der Waals surface area contributed by atoms with E-state index in [9.17, 15) is 8.42 Å². The smallest absolute Gasteiger partial charge is 0.217 e. The van der Waals surface area contributed by atoms with Crippen molar-refractivity contribution in [1.82, 2.24) is 0 Å². The number of aromatic amines is 1. The van der Waals surface area contributed by atoms with Gasteiger partial charge in [-0.3, -0.25) is 0 Å². The third-order valence-electron chi connectivity index (χ3n) is 5.91. The first-order chi connectivity index (χ1) is 15.0. The molecule has 1 aliphatic heterocycles. The minimum absolute atomic E-state index is 0.290. The molecule has 6 nitrogen and oxygen atoms in total. The number of sulfone groups is 1. The molecule has 1 fully saturated rings. The summed E-state index contributed by atoms with van der Waals surface area (Å²) in [5, 5.41) is 0.813. The van der Waals surface area contributed by atoms with E-state index in [-0.39, 0.29) is 4.90 Å². The van der Waals surface area contributed by atoms with Gasteiger partial charge < -0.3 is 14.4 Å². The van der Waals surface area contributed by atoms with Gasteiger partial charge in [-0.05, 0) is 31.9 Å². The number of fused-ring (bicyclic) bond motifs is 1. The molecule has 1 saturated heterocycles. The molecule has 1 aromatic heterocycles. The van der Waals surface area contributed by atoms with Gasteiger partial charge in [0.1, 0.15) is 0 Å². The number of nitrogens with zero attached hydrogens (tertiary/aromatic N) is 1. The highest BCUT2D eigenvalue weighted by atomic mass is 32.2. The van der Waals surface area contributed by atoms with Crippen molar-refractivity contribution < 1.29 is 22.9 Å². The molecule has 2 aromatic carbocycles. The van der Waals surface area contributed by atoms with E-state index in [1.807, 2.05) is 31.2 Å². The lowest BCUT2D eigenvalue weighted by atomic mass is 10.1. The highest BCUT2D eigenvalue weighted by molar-refractivity contribution is 7.91. The Bertz CT molecular complexity index is 1180. The van der Waals surface area contributed by atoms with Crippen molar-refractivity contribution in [2.45, 2.75) is 42.4 Å². The van der Waals surface area contributed by atoms with E-state index in [1.165, 1.54) is 0 Å². The molecule has 0 spiro atoms. The summed E-state index contributed by atoms with van der Waals surface area (Å²) in [6.45, 7) is 3.59. The lowest BCUT2D eigenvalue weighted by Crippen LogP contribution is -2.27. The maximum absolute atomic E-state index is 13.7. The second kappa shape index (κ2) is 8.75. The van der Waals surface area contributed by atoms with Crippen molar-refractivity contribution in [2.24, 2.45) is 0 Å². The summed E-state index contributed by atoms with van der Waals surface area (Å²) < 4.78 is 38.4. The van der Waals surface area contributed by atoms with Crippen LogP contribution in [0.3, 0.4) is 0 Å². The maximum Gasteiger partial charge on any atom is 0.217 e. The summed E-state index contributed by atoms with van der Waals surface area (Å²) in [6, 6.07) is 10.7. The van der Waals surface area contributed by atoms with Gasteiger partial charge >= 0.3 is 0 Å². The summed E-state index contributed by atoms with van der Waals surface area (Å²) >= 11 is 0. The van der Waals surface area contributed by atoms with Crippen LogP contribution >= 0.6 is 0 Å². The quantitative estimate of drug-likeness (QED) is 0.594. The number of hydrogen-bond acceptors (Lipinski definition) is 5. The third-order valence-corrected chi connectivity index (χ3v) is 7.70. The molecule has 0 bridgehead atoms.